The summed E-state index contributed by atoms with van der Waals surface area (Å²) in [4.78, 5) is 0. The molecule has 0 bridgehead atoms. The minimum atomic E-state index is -1.02. The highest BCUT2D eigenvalue weighted by atomic mass is 16.4. The Balaban J connectivity index is 1.99. The number of aryl methyl sites for hydroxylation is 3. The van der Waals surface area contributed by atoms with E-state index < -0.39 is 5.60 Å². The van der Waals surface area contributed by atoms with Gasteiger partial charge in [-0.25, -0.2) is 0 Å². The fraction of sp³-hybridized carbons (Fsp3) is 0.533. The highest BCUT2D eigenvalue weighted by Gasteiger charge is 2.26. The Morgan fingerprint density at radius 3 is 2.55 bits per heavy atom. The van der Waals surface area contributed by atoms with Crippen LogP contribution in [0.2, 0.25) is 0 Å². The first-order chi connectivity index (χ1) is 9.31. The van der Waals surface area contributed by atoms with Crippen molar-refractivity contribution >= 4 is 0 Å². The number of aromatic nitrogens is 2. The molecule has 0 saturated heterocycles. The summed E-state index contributed by atoms with van der Waals surface area (Å²) in [6.45, 7) is 8.77. The molecular weight excluding hydrogens is 254 g/mol. The van der Waals surface area contributed by atoms with Crippen molar-refractivity contribution < 1.29 is 9.52 Å². The number of nitrogens with one attached hydrogen (secondary N) is 1. The van der Waals surface area contributed by atoms with Gasteiger partial charge in [0.05, 0.1) is 5.69 Å². The highest BCUT2D eigenvalue weighted by Crippen LogP contribution is 2.22. The molecule has 0 aromatic carbocycles. The Hall–Kier alpha value is -1.59. The third kappa shape index (κ3) is 2.94. The predicted molar refractivity (Wildman–Crippen MR) is 77.4 cm³/mol. The van der Waals surface area contributed by atoms with Crippen LogP contribution in [0, 0.1) is 20.8 Å². The standard InChI is InChI=1S/C15H23N3O2/c1-10-6-7-14(20-10)15(4,19)9-16-8-13-11(2)17-18(5)12(13)3/h6-7,16,19H,8-9H2,1-5H3. The molecule has 2 heterocycles. The number of rotatable bonds is 5. The predicted octanol–water partition coefficient (Wildman–Crippen LogP) is 1.94. The van der Waals surface area contributed by atoms with Gasteiger partial charge in [-0.05, 0) is 39.8 Å². The number of hydrogen-bond acceptors (Lipinski definition) is 4. The lowest BCUT2D eigenvalue weighted by molar-refractivity contribution is 0.0332. The van der Waals surface area contributed by atoms with Gasteiger partial charge < -0.3 is 14.8 Å². The van der Waals surface area contributed by atoms with Crippen LogP contribution < -0.4 is 5.32 Å². The maximum absolute atomic E-state index is 10.4. The quantitative estimate of drug-likeness (QED) is 0.876. The van der Waals surface area contributed by atoms with Crippen LogP contribution in [0.15, 0.2) is 16.5 Å². The van der Waals surface area contributed by atoms with Crippen molar-refractivity contribution in [3.63, 3.8) is 0 Å². The van der Waals surface area contributed by atoms with Gasteiger partial charge in [0.2, 0.25) is 0 Å². The van der Waals surface area contributed by atoms with Crippen molar-refractivity contribution in [2.75, 3.05) is 6.54 Å². The molecule has 0 aliphatic rings. The number of furan rings is 1. The molecule has 2 rings (SSSR count). The molecule has 5 heteroatoms. The van der Waals surface area contributed by atoms with Crippen molar-refractivity contribution in [1.82, 2.24) is 15.1 Å². The summed E-state index contributed by atoms with van der Waals surface area (Å²) in [7, 11) is 1.94. The van der Waals surface area contributed by atoms with Crippen molar-refractivity contribution in [1.29, 1.82) is 0 Å². The molecule has 2 N–H and O–H groups in total. The minimum Gasteiger partial charge on any atom is -0.463 e. The first-order valence-corrected chi connectivity index (χ1v) is 6.80. The summed E-state index contributed by atoms with van der Waals surface area (Å²) in [5.41, 5.74) is 2.33. The molecule has 0 aliphatic heterocycles. The van der Waals surface area contributed by atoms with Gasteiger partial charge >= 0.3 is 0 Å². The molecule has 5 nitrogen and oxygen atoms in total. The van der Waals surface area contributed by atoms with E-state index in [1.54, 1.807) is 6.92 Å². The summed E-state index contributed by atoms with van der Waals surface area (Å²) in [6, 6.07) is 3.68. The first kappa shape index (κ1) is 14.8. The minimum absolute atomic E-state index is 0.424. The van der Waals surface area contributed by atoms with E-state index in [9.17, 15) is 5.11 Å². The molecular formula is C15H23N3O2. The average Bonchev–Trinajstić information content (AvgIpc) is 2.89. The fourth-order valence-corrected chi connectivity index (χ4v) is 2.32. The van der Waals surface area contributed by atoms with E-state index >= 15 is 0 Å². The Morgan fingerprint density at radius 1 is 1.35 bits per heavy atom. The smallest absolute Gasteiger partial charge is 0.136 e. The summed E-state index contributed by atoms with van der Waals surface area (Å²) in [6.07, 6.45) is 0. The SMILES string of the molecule is Cc1ccc(C(C)(O)CNCc2c(C)nn(C)c2C)o1. The second-order valence-corrected chi connectivity index (χ2v) is 5.56. The van der Waals surface area contributed by atoms with Gasteiger partial charge in [-0.1, -0.05) is 0 Å². The molecule has 0 aliphatic carbocycles. The van der Waals surface area contributed by atoms with Crippen LogP contribution in [-0.2, 0) is 19.2 Å². The maximum Gasteiger partial charge on any atom is 0.136 e. The zero-order chi connectivity index (χ0) is 14.9. The zero-order valence-corrected chi connectivity index (χ0v) is 12.8. The molecule has 1 atom stereocenters. The van der Waals surface area contributed by atoms with Crippen LogP contribution in [-0.4, -0.2) is 21.4 Å². The van der Waals surface area contributed by atoms with Gasteiger partial charge in [-0.2, -0.15) is 5.10 Å². The van der Waals surface area contributed by atoms with Gasteiger partial charge in [0.15, 0.2) is 0 Å². The molecule has 0 radical (unpaired) electrons. The molecule has 2 aromatic rings. The van der Waals surface area contributed by atoms with Crippen LogP contribution in [0.4, 0.5) is 0 Å². The number of nitrogens with zero attached hydrogens (tertiary/aromatic N) is 2. The molecule has 2 aromatic heterocycles. The van der Waals surface area contributed by atoms with Crippen molar-refractivity contribution in [3.8, 4) is 0 Å². The van der Waals surface area contributed by atoms with E-state index in [0.717, 1.165) is 17.1 Å². The van der Waals surface area contributed by atoms with Gasteiger partial charge in [-0.15, -0.1) is 0 Å². The lowest BCUT2D eigenvalue weighted by Gasteiger charge is -2.21. The largest absolute Gasteiger partial charge is 0.463 e. The third-order valence-corrected chi connectivity index (χ3v) is 3.70. The topological polar surface area (TPSA) is 63.2 Å². The molecule has 1 unspecified atom stereocenters. The lowest BCUT2D eigenvalue weighted by atomic mass is 10.0. The summed E-state index contributed by atoms with van der Waals surface area (Å²) >= 11 is 0. The zero-order valence-electron chi connectivity index (χ0n) is 12.8. The van der Waals surface area contributed by atoms with Gasteiger partial charge in [0.25, 0.3) is 0 Å². The fourth-order valence-electron chi connectivity index (χ4n) is 2.32. The molecule has 0 fully saturated rings. The van der Waals surface area contributed by atoms with Gasteiger partial charge in [0, 0.05) is 31.4 Å². The van der Waals surface area contributed by atoms with Crippen molar-refractivity contribution in [2.45, 2.75) is 39.8 Å². The monoisotopic (exact) mass is 277 g/mol. The van der Waals surface area contributed by atoms with Crippen LogP contribution >= 0.6 is 0 Å². The van der Waals surface area contributed by atoms with E-state index in [1.165, 1.54) is 5.56 Å². The maximum atomic E-state index is 10.4. The average molecular weight is 277 g/mol. The molecule has 20 heavy (non-hydrogen) atoms. The normalized spacial score (nSPS) is 14.5. The van der Waals surface area contributed by atoms with Crippen LogP contribution in [0.1, 0.15) is 35.4 Å². The van der Waals surface area contributed by atoms with E-state index in [0.29, 0.717) is 18.8 Å². The van der Waals surface area contributed by atoms with E-state index in [1.807, 2.05) is 44.6 Å². The molecule has 0 spiro atoms. The molecule has 110 valence electrons. The van der Waals surface area contributed by atoms with E-state index in [2.05, 4.69) is 10.4 Å². The van der Waals surface area contributed by atoms with Crippen LogP contribution in [0.3, 0.4) is 0 Å². The van der Waals surface area contributed by atoms with E-state index in [4.69, 9.17) is 4.42 Å². The Labute approximate surface area is 119 Å². The van der Waals surface area contributed by atoms with Crippen molar-refractivity contribution in [3.05, 3.63) is 40.6 Å². The van der Waals surface area contributed by atoms with Crippen molar-refractivity contribution in [2.24, 2.45) is 7.05 Å². The van der Waals surface area contributed by atoms with Crippen LogP contribution in [0.25, 0.3) is 0 Å². The number of aliphatic hydroxyl groups is 1. The van der Waals surface area contributed by atoms with E-state index in [-0.39, 0.29) is 0 Å². The Kier molecular flexibility index (Phi) is 4.01. The van der Waals surface area contributed by atoms with Gasteiger partial charge in [-0.3, -0.25) is 4.68 Å². The highest BCUT2D eigenvalue weighted by molar-refractivity contribution is 5.24. The number of hydrogen-bond donors (Lipinski definition) is 2. The Bertz CT molecular complexity index is 596. The summed E-state index contributed by atoms with van der Waals surface area (Å²) in [5, 5.41) is 18.1. The second-order valence-electron chi connectivity index (χ2n) is 5.56. The molecule has 0 amide bonds. The second kappa shape index (κ2) is 5.42. The Morgan fingerprint density at radius 2 is 2.05 bits per heavy atom. The first-order valence-electron chi connectivity index (χ1n) is 6.80. The van der Waals surface area contributed by atoms with Crippen LogP contribution in [0.5, 0.6) is 0 Å². The van der Waals surface area contributed by atoms with Gasteiger partial charge in [0.1, 0.15) is 17.1 Å². The summed E-state index contributed by atoms with van der Waals surface area (Å²) < 4.78 is 7.37. The third-order valence-electron chi connectivity index (χ3n) is 3.70. The lowest BCUT2D eigenvalue weighted by Crippen LogP contribution is -2.35. The molecule has 0 saturated carbocycles. The summed E-state index contributed by atoms with van der Waals surface area (Å²) in [5.74, 6) is 1.39.